The second-order valence-electron chi connectivity index (χ2n) is 5.80. The van der Waals surface area contributed by atoms with Gasteiger partial charge in [-0.1, -0.05) is 12.1 Å². The summed E-state index contributed by atoms with van der Waals surface area (Å²) in [6.45, 7) is 2.42. The first-order valence-corrected chi connectivity index (χ1v) is 8.20. The molecule has 0 aliphatic carbocycles. The summed E-state index contributed by atoms with van der Waals surface area (Å²) in [6, 6.07) is 13.1. The minimum absolute atomic E-state index is 0.228. The number of hydrogen-bond acceptors (Lipinski definition) is 5. The van der Waals surface area contributed by atoms with Crippen molar-refractivity contribution < 1.29 is 9.53 Å². The normalized spacial score (nSPS) is 10.2. The lowest BCUT2D eigenvalue weighted by Crippen LogP contribution is -2.23. The molecule has 0 saturated carbocycles. The number of aromatic nitrogens is 2. The highest BCUT2D eigenvalue weighted by Crippen LogP contribution is 2.28. The van der Waals surface area contributed by atoms with E-state index in [4.69, 9.17) is 4.74 Å². The van der Waals surface area contributed by atoms with Gasteiger partial charge in [0, 0.05) is 18.9 Å². The van der Waals surface area contributed by atoms with Gasteiger partial charge in [-0.2, -0.15) is 0 Å². The molecule has 26 heavy (non-hydrogen) atoms. The van der Waals surface area contributed by atoms with Gasteiger partial charge in [0.2, 0.25) is 0 Å². The molecule has 0 fully saturated rings. The first kappa shape index (κ1) is 17.4. The molecular weight excluding hydrogens is 328 g/mol. The van der Waals surface area contributed by atoms with Crippen LogP contribution in [0.25, 0.3) is 0 Å². The summed E-state index contributed by atoms with van der Waals surface area (Å²) in [6.07, 6.45) is 5.04. The molecule has 0 spiro atoms. The van der Waals surface area contributed by atoms with Crippen LogP contribution < -0.4 is 15.4 Å². The Kier molecular flexibility index (Phi) is 5.43. The number of carbonyl (C=O) groups excluding carboxylic acids is 1. The number of pyridine rings is 2. The average Bonchev–Trinajstić information content (AvgIpc) is 2.68. The molecule has 1 aromatic carbocycles. The first-order valence-electron chi connectivity index (χ1n) is 8.20. The minimum atomic E-state index is -0.228. The summed E-state index contributed by atoms with van der Waals surface area (Å²) in [5, 5.41) is 6.09. The quantitative estimate of drug-likeness (QED) is 0.713. The van der Waals surface area contributed by atoms with E-state index in [1.165, 1.54) is 0 Å². The van der Waals surface area contributed by atoms with Crippen molar-refractivity contribution >= 4 is 17.3 Å². The molecule has 2 heterocycles. The van der Waals surface area contributed by atoms with Gasteiger partial charge in [0.15, 0.2) is 0 Å². The first-order chi connectivity index (χ1) is 12.7. The number of nitrogens with zero attached hydrogens (tertiary/aromatic N) is 2. The van der Waals surface area contributed by atoms with E-state index in [1.807, 2.05) is 43.3 Å². The van der Waals surface area contributed by atoms with Crippen molar-refractivity contribution in [2.75, 3.05) is 12.4 Å². The molecule has 0 saturated heterocycles. The number of hydrogen-bond donors (Lipinski definition) is 2. The zero-order valence-electron chi connectivity index (χ0n) is 14.7. The minimum Gasteiger partial charge on any atom is -0.495 e. The molecule has 0 aliphatic heterocycles. The summed E-state index contributed by atoms with van der Waals surface area (Å²) in [7, 11) is 1.63. The fraction of sp³-hybridized carbons (Fsp3) is 0.150. The van der Waals surface area contributed by atoms with Crippen molar-refractivity contribution in [3.05, 3.63) is 77.9 Å². The predicted octanol–water partition coefficient (Wildman–Crippen LogP) is 3.47. The standard InChI is InChI=1S/C20H20N4O2/c1-14-5-8-19(26-2)18(10-14)24-16-6-7-17(22-13-16)20(25)23-12-15-4-3-9-21-11-15/h3-11,13,24H,12H2,1-2H3,(H,23,25). The van der Waals surface area contributed by atoms with Crippen LogP contribution in [0, 0.1) is 6.92 Å². The van der Waals surface area contributed by atoms with E-state index in [9.17, 15) is 4.79 Å². The molecule has 0 aliphatic rings. The highest BCUT2D eigenvalue weighted by molar-refractivity contribution is 5.92. The van der Waals surface area contributed by atoms with Gasteiger partial charge in [0.05, 0.1) is 24.7 Å². The van der Waals surface area contributed by atoms with Crippen molar-refractivity contribution in [1.82, 2.24) is 15.3 Å². The number of ether oxygens (including phenoxy) is 1. The van der Waals surface area contributed by atoms with E-state index in [1.54, 1.807) is 31.8 Å². The van der Waals surface area contributed by atoms with Crippen molar-refractivity contribution in [1.29, 1.82) is 0 Å². The summed E-state index contributed by atoms with van der Waals surface area (Å²) in [5.74, 6) is 0.516. The van der Waals surface area contributed by atoms with Crippen molar-refractivity contribution in [2.45, 2.75) is 13.5 Å². The molecule has 132 valence electrons. The van der Waals surface area contributed by atoms with Crippen molar-refractivity contribution in [3.8, 4) is 5.75 Å². The topological polar surface area (TPSA) is 76.1 Å². The molecule has 0 atom stereocenters. The van der Waals surface area contributed by atoms with E-state index in [-0.39, 0.29) is 5.91 Å². The predicted molar refractivity (Wildman–Crippen MR) is 101 cm³/mol. The molecule has 0 radical (unpaired) electrons. The number of aryl methyl sites for hydroxylation is 1. The maximum Gasteiger partial charge on any atom is 0.270 e. The van der Waals surface area contributed by atoms with Gasteiger partial charge in [-0.3, -0.25) is 9.78 Å². The Hall–Kier alpha value is -3.41. The van der Waals surface area contributed by atoms with Gasteiger partial charge in [-0.15, -0.1) is 0 Å². The van der Waals surface area contributed by atoms with E-state index in [0.717, 1.165) is 28.3 Å². The van der Waals surface area contributed by atoms with Crippen LogP contribution in [0.2, 0.25) is 0 Å². The molecule has 1 amide bonds. The molecular formula is C20H20N4O2. The van der Waals surface area contributed by atoms with E-state index < -0.39 is 0 Å². The van der Waals surface area contributed by atoms with E-state index in [2.05, 4.69) is 20.6 Å². The number of methoxy groups -OCH3 is 1. The molecule has 6 heteroatoms. The molecule has 2 N–H and O–H groups in total. The maximum atomic E-state index is 12.2. The average molecular weight is 348 g/mol. The van der Waals surface area contributed by atoms with Crippen LogP contribution in [-0.4, -0.2) is 23.0 Å². The lowest BCUT2D eigenvalue weighted by atomic mass is 10.2. The smallest absolute Gasteiger partial charge is 0.270 e. The second kappa shape index (κ2) is 8.11. The van der Waals surface area contributed by atoms with Gasteiger partial charge in [0.25, 0.3) is 5.91 Å². The number of carbonyl (C=O) groups is 1. The Balaban J connectivity index is 1.65. The lowest BCUT2D eigenvalue weighted by molar-refractivity contribution is 0.0946. The van der Waals surface area contributed by atoms with Crippen molar-refractivity contribution in [3.63, 3.8) is 0 Å². The summed E-state index contributed by atoms with van der Waals surface area (Å²) in [5.41, 5.74) is 4.04. The molecule has 0 bridgehead atoms. The lowest BCUT2D eigenvalue weighted by Gasteiger charge is -2.12. The number of rotatable bonds is 6. The van der Waals surface area contributed by atoms with Crippen LogP contribution in [0.4, 0.5) is 11.4 Å². The number of anilines is 2. The number of benzene rings is 1. The number of nitrogens with one attached hydrogen (secondary N) is 2. The van der Waals surface area contributed by atoms with Crippen LogP contribution in [0.5, 0.6) is 5.75 Å². The van der Waals surface area contributed by atoms with Gasteiger partial charge in [-0.05, 0) is 48.4 Å². The third-order valence-corrected chi connectivity index (χ3v) is 3.81. The number of amides is 1. The van der Waals surface area contributed by atoms with Crippen LogP contribution in [0.15, 0.2) is 61.1 Å². The third kappa shape index (κ3) is 4.36. The van der Waals surface area contributed by atoms with Gasteiger partial charge in [0.1, 0.15) is 11.4 Å². The fourth-order valence-electron chi connectivity index (χ4n) is 2.45. The Bertz CT molecular complexity index is 880. The Morgan fingerprint density at radius 2 is 2.04 bits per heavy atom. The van der Waals surface area contributed by atoms with Gasteiger partial charge >= 0.3 is 0 Å². The molecule has 3 aromatic rings. The highest BCUT2D eigenvalue weighted by atomic mass is 16.5. The largest absolute Gasteiger partial charge is 0.495 e. The van der Waals surface area contributed by atoms with E-state index >= 15 is 0 Å². The maximum absolute atomic E-state index is 12.2. The highest BCUT2D eigenvalue weighted by Gasteiger charge is 2.08. The summed E-state index contributed by atoms with van der Waals surface area (Å²) >= 11 is 0. The van der Waals surface area contributed by atoms with Gasteiger partial charge < -0.3 is 15.4 Å². The monoisotopic (exact) mass is 348 g/mol. The van der Waals surface area contributed by atoms with Crippen LogP contribution in [0.1, 0.15) is 21.6 Å². The Morgan fingerprint density at radius 1 is 1.15 bits per heavy atom. The Morgan fingerprint density at radius 3 is 2.73 bits per heavy atom. The van der Waals surface area contributed by atoms with Gasteiger partial charge in [-0.25, -0.2) is 4.98 Å². The molecule has 0 unspecified atom stereocenters. The molecule has 2 aromatic heterocycles. The van der Waals surface area contributed by atoms with E-state index in [0.29, 0.717) is 12.2 Å². The molecule has 6 nitrogen and oxygen atoms in total. The van der Waals surface area contributed by atoms with Crippen molar-refractivity contribution in [2.24, 2.45) is 0 Å². The second-order valence-corrected chi connectivity index (χ2v) is 5.80. The Labute approximate surface area is 152 Å². The zero-order valence-corrected chi connectivity index (χ0v) is 14.7. The molecule has 3 rings (SSSR count). The zero-order chi connectivity index (χ0) is 18.4. The SMILES string of the molecule is COc1ccc(C)cc1Nc1ccc(C(=O)NCc2cccnc2)nc1. The van der Waals surface area contributed by atoms with Crippen LogP contribution >= 0.6 is 0 Å². The third-order valence-electron chi connectivity index (χ3n) is 3.81. The van der Waals surface area contributed by atoms with Crippen LogP contribution in [0.3, 0.4) is 0 Å². The summed E-state index contributed by atoms with van der Waals surface area (Å²) < 4.78 is 5.36. The fourth-order valence-corrected chi connectivity index (χ4v) is 2.45. The van der Waals surface area contributed by atoms with Crippen LogP contribution in [-0.2, 0) is 6.54 Å². The summed E-state index contributed by atoms with van der Waals surface area (Å²) in [4.78, 5) is 20.5.